The van der Waals surface area contributed by atoms with E-state index in [9.17, 15) is 0 Å². The lowest BCUT2D eigenvalue weighted by Crippen LogP contribution is -2.16. The Morgan fingerprint density at radius 2 is 2.22 bits per heavy atom. The number of halogens is 1. The molecule has 0 radical (unpaired) electrons. The minimum Gasteiger partial charge on any atom is -0.469 e. The van der Waals surface area contributed by atoms with E-state index in [0.29, 0.717) is 6.04 Å². The van der Waals surface area contributed by atoms with Crippen LogP contribution in [0.5, 0.6) is 0 Å². The summed E-state index contributed by atoms with van der Waals surface area (Å²) in [6, 6.07) is 8.75. The van der Waals surface area contributed by atoms with Crippen LogP contribution in [0.4, 0.5) is 5.69 Å². The highest BCUT2D eigenvalue weighted by molar-refractivity contribution is 9.10. The fourth-order valence-electron chi connectivity index (χ4n) is 2.59. The molecule has 18 heavy (non-hydrogen) atoms. The van der Waals surface area contributed by atoms with E-state index in [0.717, 1.165) is 16.7 Å². The standard InChI is InChI=1S/C15H16BrNO/c1-10-12(16)4-2-5-13(10)17-14-6-3-7-15-11(14)8-9-18-15/h2,4-5,8-9,14,17H,3,6-7H2,1H3. The zero-order valence-corrected chi connectivity index (χ0v) is 12.0. The van der Waals surface area contributed by atoms with Crippen LogP contribution in [0, 0.1) is 6.92 Å². The van der Waals surface area contributed by atoms with Crippen molar-refractivity contribution in [2.24, 2.45) is 0 Å². The Labute approximate surface area is 116 Å². The first-order valence-electron chi connectivity index (χ1n) is 6.33. The first-order valence-corrected chi connectivity index (χ1v) is 7.13. The van der Waals surface area contributed by atoms with Crippen LogP contribution in [-0.4, -0.2) is 0 Å². The normalized spacial score (nSPS) is 18.4. The molecule has 3 rings (SSSR count). The Balaban J connectivity index is 1.88. The van der Waals surface area contributed by atoms with Crippen LogP contribution in [0.25, 0.3) is 0 Å². The maximum Gasteiger partial charge on any atom is 0.109 e. The van der Waals surface area contributed by atoms with Gasteiger partial charge in [-0.2, -0.15) is 0 Å². The van der Waals surface area contributed by atoms with Crippen molar-refractivity contribution in [2.45, 2.75) is 32.2 Å². The van der Waals surface area contributed by atoms with E-state index in [1.807, 2.05) is 0 Å². The number of fused-ring (bicyclic) bond motifs is 1. The lowest BCUT2D eigenvalue weighted by Gasteiger charge is -2.24. The molecule has 3 heteroatoms. The number of anilines is 1. The molecule has 1 atom stereocenters. The molecule has 0 fully saturated rings. The Hall–Kier alpha value is -1.22. The van der Waals surface area contributed by atoms with E-state index < -0.39 is 0 Å². The van der Waals surface area contributed by atoms with E-state index in [4.69, 9.17) is 4.42 Å². The first kappa shape index (κ1) is 11.8. The lowest BCUT2D eigenvalue weighted by atomic mass is 9.93. The zero-order chi connectivity index (χ0) is 12.5. The molecule has 2 nitrogen and oxygen atoms in total. The second kappa shape index (κ2) is 4.81. The molecule has 94 valence electrons. The fraction of sp³-hybridized carbons (Fsp3) is 0.333. The first-order chi connectivity index (χ1) is 8.75. The van der Waals surface area contributed by atoms with Crippen molar-refractivity contribution in [1.29, 1.82) is 0 Å². The van der Waals surface area contributed by atoms with Crippen molar-refractivity contribution in [2.75, 3.05) is 5.32 Å². The van der Waals surface area contributed by atoms with Crippen molar-refractivity contribution in [1.82, 2.24) is 0 Å². The molecule has 1 N–H and O–H groups in total. The monoisotopic (exact) mass is 305 g/mol. The largest absolute Gasteiger partial charge is 0.469 e. The van der Waals surface area contributed by atoms with E-state index in [-0.39, 0.29) is 0 Å². The quantitative estimate of drug-likeness (QED) is 0.859. The topological polar surface area (TPSA) is 25.2 Å². The number of hydrogen-bond acceptors (Lipinski definition) is 2. The van der Waals surface area contributed by atoms with Gasteiger partial charge in [0.2, 0.25) is 0 Å². The molecule has 0 saturated carbocycles. The molecule has 2 aromatic rings. The van der Waals surface area contributed by atoms with Crippen LogP contribution < -0.4 is 5.32 Å². The van der Waals surface area contributed by atoms with Gasteiger partial charge in [0.05, 0.1) is 12.3 Å². The molecule has 1 aliphatic rings. The van der Waals surface area contributed by atoms with Crippen LogP contribution in [0.3, 0.4) is 0 Å². The van der Waals surface area contributed by atoms with Crippen molar-refractivity contribution in [3.63, 3.8) is 0 Å². The molecular formula is C15H16BrNO. The zero-order valence-electron chi connectivity index (χ0n) is 10.4. The predicted molar refractivity (Wildman–Crippen MR) is 76.9 cm³/mol. The van der Waals surface area contributed by atoms with Crippen molar-refractivity contribution in [3.8, 4) is 0 Å². The van der Waals surface area contributed by atoms with Gasteiger partial charge in [0.1, 0.15) is 5.76 Å². The number of benzene rings is 1. The summed E-state index contributed by atoms with van der Waals surface area (Å²) in [6.45, 7) is 2.13. The van der Waals surface area contributed by atoms with Crippen LogP contribution in [-0.2, 0) is 6.42 Å². The highest BCUT2D eigenvalue weighted by Gasteiger charge is 2.22. The molecule has 0 bridgehead atoms. The maximum atomic E-state index is 5.53. The fourth-order valence-corrected chi connectivity index (χ4v) is 2.95. The van der Waals surface area contributed by atoms with E-state index in [1.54, 1.807) is 6.26 Å². The average molecular weight is 306 g/mol. The molecule has 0 spiro atoms. The van der Waals surface area contributed by atoms with Gasteiger partial charge < -0.3 is 9.73 Å². The van der Waals surface area contributed by atoms with Gasteiger partial charge in [0.25, 0.3) is 0 Å². The third kappa shape index (κ3) is 2.07. The van der Waals surface area contributed by atoms with Crippen LogP contribution in [0.1, 0.15) is 35.8 Å². The number of furan rings is 1. The molecule has 1 aliphatic carbocycles. The summed E-state index contributed by atoms with van der Waals surface area (Å²) in [7, 11) is 0. The number of rotatable bonds is 2. The third-order valence-electron chi connectivity index (χ3n) is 3.65. The van der Waals surface area contributed by atoms with Gasteiger partial charge in [-0.25, -0.2) is 0 Å². The second-order valence-corrected chi connectivity index (χ2v) is 5.66. The van der Waals surface area contributed by atoms with Gasteiger partial charge >= 0.3 is 0 Å². The molecule has 1 aromatic carbocycles. The van der Waals surface area contributed by atoms with Gasteiger partial charge in [0.15, 0.2) is 0 Å². The van der Waals surface area contributed by atoms with Gasteiger partial charge in [-0.3, -0.25) is 0 Å². The van der Waals surface area contributed by atoms with E-state index in [1.165, 1.54) is 29.7 Å². The number of aryl methyl sites for hydroxylation is 1. The van der Waals surface area contributed by atoms with Crippen molar-refractivity contribution >= 4 is 21.6 Å². The summed E-state index contributed by atoms with van der Waals surface area (Å²) in [5, 5.41) is 3.64. The summed E-state index contributed by atoms with van der Waals surface area (Å²) in [6.07, 6.45) is 5.22. The highest BCUT2D eigenvalue weighted by Crippen LogP contribution is 2.34. The Morgan fingerprint density at radius 1 is 1.33 bits per heavy atom. The number of nitrogens with one attached hydrogen (secondary N) is 1. The molecule has 1 heterocycles. The molecule has 0 saturated heterocycles. The maximum absolute atomic E-state index is 5.53. The smallest absolute Gasteiger partial charge is 0.109 e. The van der Waals surface area contributed by atoms with Crippen molar-refractivity contribution in [3.05, 3.63) is 51.9 Å². The Bertz CT molecular complexity index is 561. The molecule has 1 aromatic heterocycles. The van der Waals surface area contributed by atoms with Gasteiger partial charge in [-0.1, -0.05) is 22.0 Å². The summed E-state index contributed by atoms with van der Waals surface area (Å²) < 4.78 is 6.68. The SMILES string of the molecule is Cc1c(Br)cccc1NC1CCCc2occc21. The molecule has 1 unspecified atom stereocenters. The third-order valence-corrected chi connectivity index (χ3v) is 4.51. The summed E-state index contributed by atoms with van der Waals surface area (Å²) in [4.78, 5) is 0. The predicted octanol–water partition coefficient (Wildman–Crippen LogP) is 4.84. The Kier molecular flexibility index (Phi) is 3.16. The van der Waals surface area contributed by atoms with Gasteiger partial charge in [0, 0.05) is 22.1 Å². The number of hydrogen-bond donors (Lipinski definition) is 1. The lowest BCUT2D eigenvalue weighted by molar-refractivity contribution is 0.461. The van der Waals surface area contributed by atoms with Crippen LogP contribution in [0.2, 0.25) is 0 Å². The van der Waals surface area contributed by atoms with Crippen LogP contribution >= 0.6 is 15.9 Å². The van der Waals surface area contributed by atoms with E-state index in [2.05, 4.69) is 52.4 Å². The van der Waals surface area contributed by atoms with Gasteiger partial charge in [-0.15, -0.1) is 0 Å². The van der Waals surface area contributed by atoms with Gasteiger partial charge in [-0.05, 0) is 43.5 Å². The second-order valence-electron chi connectivity index (χ2n) is 4.80. The summed E-state index contributed by atoms with van der Waals surface area (Å²) in [5.41, 5.74) is 3.78. The Morgan fingerprint density at radius 3 is 3.11 bits per heavy atom. The minimum absolute atomic E-state index is 0.375. The van der Waals surface area contributed by atoms with Crippen LogP contribution in [0.15, 0.2) is 39.4 Å². The summed E-state index contributed by atoms with van der Waals surface area (Å²) >= 11 is 3.58. The minimum atomic E-state index is 0.375. The molecule has 0 amide bonds. The van der Waals surface area contributed by atoms with Crippen molar-refractivity contribution < 1.29 is 4.42 Å². The average Bonchev–Trinajstić information content (AvgIpc) is 2.84. The molecular weight excluding hydrogens is 290 g/mol. The highest BCUT2D eigenvalue weighted by atomic mass is 79.9. The summed E-state index contributed by atoms with van der Waals surface area (Å²) in [5.74, 6) is 1.14. The van der Waals surface area contributed by atoms with E-state index >= 15 is 0 Å². The molecule has 0 aliphatic heterocycles.